The second-order valence-corrected chi connectivity index (χ2v) is 4.55. The molecule has 0 spiro atoms. The van der Waals surface area contributed by atoms with Gasteiger partial charge in [-0.2, -0.15) is 0 Å². The maximum atomic E-state index is 10.1. The molecule has 0 bridgehead atoms. The number of hydrogen-bond acceptors (Lipinski definition) is 3. The topological polar surface area (TPSA) is 38.7 Å². The zero-order valence-corrected chi connectivity index (χ0v) is 10.3. The Morgan fingerprint density at radius 3 is 2.27 bits per heavy atom. The van der Waals surface area contributed by atoms with Crippen LogP contribution in [-0.2, 0) is 5.60 Å². The van der Waals surface area contributed by atoms with E-state index in [-0.39, 0.29) is 0 Å². The Bertz CT molecular complexity index is 386. The first-order valence-electron chi connectivity index (χ1n) is 4.76. The van der Waals surface area contributed by atoms with Crippen LogP contribution in [0, 0.1) is 0 Å². The molecule has 0 aliphatic heterocycles. The Balaban J connectivity index is 2.55. The lowest BCUT2D eigenvalue weighted by Gasteiger charge is -2.17. The van der Waals surface area contributed by atoms with E-state index in [0.29, 0.717) is 11.5 Å². The van der Waals surface area contributed by atoms with Crippen LogP contribution in [0.2, 0.25) is 0 Å². The molecule has 0 saturated heterocycles. The minimum atomic E-state index is -0.709. The van der Waals surface area contributed by atoms with Crippen molar-refractivity contribution in [2.45, 2.75) is 18.4 Å². The van der Waals surface area contributed by atoms with Crippen LogP contribution in [0.1, 0.15) is 18.4 Å². The van der Waals surface area contributed by atoms with Gasteiger partial charge in [0, 0.05) is 5.56 Å². The van der Waals surface area contributed by atoms with Gasteiger partial charge >= 0.3 is 0 Å². The summed E-state index contributed by atoms with van der Waals surface area (Å²) in [7, 11) is 3.17. The largest absolute Gasteiger partial charge is 0.492 e. The smallest absolute Gasteiger partial charge is 0.175 e. The second kappa shape index (κ2) is 3.68. The predicted octanol–water partition coefficient (Wildman–Crippen LogP) is 2.45. The van der Waals surface area contributed by atoms with Gasteiger partial charge in [0.15, 0.2) is 11.5 Å². The van der Waals surface area contributed by atoms with Gasteiger partial charge in [-0.1, -0.05) is 6.07 Å². The third-order valence-corrected chi connectivity index (χ3v) is 3.32. The number of ether oxygens (including phenoxy) is 2. The first-order chi connectivity index (χ1) is 7.12. The molecule has 0 atom stereocenters. The Morgan fingerprint density at radius 1 is 1.20 bits per heavy atom. The highest BCUT2D eigenvalue weighted by Gasteiger charge is 2.45. The van der Waals surface area contributed by atoms with Crippen LogP contribution >= 0.6 is 15.9 Å². The minimum Gasteiger partial charge on any atom is -0.492 e. The monoisotopic (exact) mass is 272 g/mol. The van der Waals surface area contributed by atoms with Crippen LogP contribution in [0.15, 0.2) is 16.6 Å². The first kappa shape index (κ1) is 10.8. The summed E-state index contributed by atoms with van der Waals surface area (Å²) in [5, 5.41) is 10.1. The second-order valence-electron chi connectivity index (χ2n) is 3.69. The molecule has 15 heavy (non-hydrogen) atoms. The molecule has 0 unspecified atom stereocenters. The van der Waals surface area contributed by atoms with E-state index < -0.39 is 5.60 Å². The summed E-state index contributed by atoms with van der Waals surface area (Å²) >= 11 is 3.38. The molecule has 1 aliphatic rings. The lowest BCUT2D eigenvalue weighted by Crippen LogP contribution is -2.07. The molecule has 1 N–H and O–H groups in total. The zero-order valence-electron chi connectivity index (χ0n) is 8.71. The molecule has 4 heteroatoms. The van der Waals surface area contributed by atoms with Crippen molar-refractivity contribution in [3.63, 3.8) is 0 Å². The molecule has 82 valence electrons. The number of rotatable bonds is 3. The van der Waals surface area contributed by atoms with Crippen LogP contribution in [0.3, 0.4) is 0 Å². The maximum Gasteiger partial charge on any atom is 0.175 e. The number of hydrogen-bond donors (Lipinski definition) is 1. The van der Waals surface area contributed by atoms with Gasteiger partial charge in [-0.3, -0.25) is 0 Å². The third-order valence-electron chi connectivity index (χ3n) is 2.70. The van der Waals surface area contributed by atoms with Crippen LogP contribution in [0.5, 0.6) is 11.5 Å². The fourth-order valence-corrected chi connectivity index (χ4v) is 2.16. The molecule has 3 nitrogen and oxygen atoms in total. The van der Waals surface area contributed by atoms with Gasteiger partial charge < -0.3 is 14.6 Å². The SMILES string of the molecule is COc1c(Br)ccc(C2(O)CC2)c1OC. The average molecular weight is 273 g/mol. The lowest BCUT2D eigenvalue weighted by molar-refractivity contribution is 0.146. The maximum absolute atomic E-state index is 10.1. The molecule has 1 saturated carbocycles. The molecular formula is C11H13BrO3. The zero-order chi connectivity index (χ0) is 11.1. The number of aliphatic hydroxyl groups is 1. The van der Waals surface area contributed by atoms with E-state index in [1.165, 1.54) is 0 Å². The summed E-state index contributed by atoms with van der Waals surface area (Å²) in [6.07, 6.45) is 1.57. The highest BCUT2D eigenvalue weighted by atomic mass is 79.9. The van der Waals surface area contributed by atoms with Gasteiger partial charge in [0.2, 0.25) is 0 Å². The van der Waals surface area contributed by atoms with E-state index in [4.69, 9.17) is 9.47 Å². The number of benzene rings is 1. The quantitative estimate of drug-likeness (QED) is 0.919. The first-order valence-corrected chi connectivity index (χ1v) is 5.55. The van der Waals surface area contributed by atoms with E-state index >= 15 is 0 Å². The predicted molar refractivity (Wildman–Crippen MR) is 60.4 cm³/mol. The van der Waals surface area contributed by atoms with E-state index in [2.05, 4.69) is 15.9 Å². The molecule has 1 fully saturated rings. The van der Waals surface area contributed by atoms with E-state index in [9.17, 15) is 5.11 Å². The molecule has 0 amide bonds. The van der Waals surface area contributed by atoms with Gasteiger partial charge in [-0.25, -0.2) is 0 Å². The van der Waals surface area contributed by atoms with Crippen molar-refractivity contribution in [2.75, 3.05) is 14.2 Å². The van der Waals surface area contributed by atoms with Crippen molar-refractivity contribution in [1.29, 1.82) is 0 Å². The fraction of sp³-hybridized carbons (Fsp3) is 0.455. The molecule has 0 aromatic heterocycles. The highest BCUT2D eigenvalue weighted by molar-refractivity contribution is 9.10. The molecule has 2 rings (SSSR count). The summed E-state index contributed by atoms with van der Waals surface area (Å²) in [4.78, 5) is 0. The Labute approximate surface area is 97.1 Å². The van der Waals surface area contributed by atoms with E-state index in [1.54, 1.807) is 14.2 Å². The van der Waals surface area contributed by atoms with Crippen molar-refractivity contribution < 1.29 is 14.6 Å². The van der Waals surface area contributed by atoms with Crippen LogP contribution in [0.4, 0.5) is 0 Å². The molecule has 0 radical (unpaired) electrons. The van der Waals surface area contributed by atoms with Crippen LogP contribution in [-0.4, -0.2) is 19.3 Å². The van der Waals surface area contributed by atoms with Crippen molar-refractivity contribution >= 4 is 15.9 Å². The third kappa shape index (κ3) is 1.72. The molecular weight excluding hydrogens is 260 g/mol. The summed E-state index contributed by atoms with van der Waals surface area (Å²) in [5.74, 6) is 1.25. The van der Waals surface area contributed by atoms with Crippen molar-refractivity contribution in [3.8, 4) is 11.5 Å². The highest BCUT2D eigenvalue weighted by Crippen LogP contribution is 2.52. The molecule has 1 aliphatic carbocycles. The summed E-state index contributed by atoms with van der Waals surface area (Å²) < 4.78 is 11.4. The standard InChI is InChI=1S/C11H13BrO3/c1-14-9-7(11(13)5-6-11)3-4-8(12)10(9)15-2/h3-4,13H,5-6H2,1-2H3. The number of halogens is 1. The normalized spacial score (nSPS) is 17.3. The fourth-order valence-electron chi connectivity index (χ4n) is 1.69. The van der Waals surface area contributed by atoms with E-state index in [0.717, 1.165) is 22.9 Å². The van der Waals surface area contributed by atoms with Crippen LogP contribution in [0.25, 0.3) is 0 Å². The number of methoxy groups -OCH3 is 2. The van der Waals surface area contributed by atoms with Gasteiger partial charge in [-0.15, -0.1) is 0 Å². The molecule has 1 aromatic rings. The molecule has 1 aromatic carbocycles. The summed E-state index contributed by atoms with van der Waals surface area (Å²) in [5.41, 5.74) is 0.101. The molecule has 0 heterocycles. The Kier molecular flexibility index (Phi) is 2.64. The Hall–Kier alpha value is -0.740. The van der Waals surface area contributed by atoms with Gasteiger partial charge in [0.25, 0.3) is 0 Å². The van der Waals surface area contributed by atoms with Crippen LogP contribution < -0.4 is 9.47 Å². The summed E-state index contributed by atoms with van der Waals surface area (Å²) in [6, 6.07) is 3.74. The average Bonchev–Trinajstić information content (AvgIpc) is 2.96. The summed E-state index contributed by atoms with van der Waals surface area (Å²) in [6.45, 7) is 0. The van der Waals surface area contributed by atoms with Crippen molar-refractivity contribution in [1.82, 2.24) is 0 Å². The Morgan fingerprint density at radius 2 is 1.80 bits per heavy atom. The van der Waals surface area contributed by atoms with Crippen molar-refractivity contribution in [3.05, 3.63) is 22.2 Å². The van der Waals surface area contributed by atoms with Gasteiger partial charge in [-0.05, 0) is 34.8 Å². The van der Waals surface area contributed by atoms with Gasteiger partial charge in [0.05, 0.1) is 24.3 Å². The van der Waals surface area contributed by atoms with E-state index in [1.807, 2.05) is 12.1 Å². The minimum absolute atomic E-state index is 0.617. The van der Waals surface area contributed by atoms with Crippen molar-refractivity contribution in [2.24, 2.45) is 0 Å². The van der Waals surface area contributed by atoms with Gasteiger partial charge in [0.1, 0.15) is 0 Å². The lowest BCUT2D eigenvalue weighted by atomic mass is 10.1.